The molecule has 0 saturated carbocycles. The fourth-order valence-corrected chi connectivity index (χ4v) is 1.93. The number of amides is 1. The topological polar surface area (TPSA) is 54.3 Å². The summed E-state index contributed by atoms with van der Waals surface area (Å²) in [5, 5.41) is 6.06. The molecule has 2 rings (SSSR count). The summed E-state index contributed by atoms with van der Waals surface area (Å²) in [5.74, 6) is 0.849. The van der Waals surface area contributed by atoms with Gasteiger partial charge in [0.25, 0.3) is 0 Å². The molecule has 1 aromatic heterocycles. The van der Waals surface area contributed by atoms with Crippen LogP contribution >= 0.6 is 15.9 Å². The lowest BCUT2D eigenvalue weighted by Crippen LogP contribution is -2.09. The van der Waals surface area contributed by atoms with Crippen molar-refractivity contribution < 1.29 is 9.21 Å². The van der Waals surface area contributed by atoms with Gasteiger partial charge in [0.1, 0.15) is 5.76 Å². The number of nitrogens with one attached hydrogen (secondary N) is 2. The predicted molar refractivity (Wildman–Crippen MR) is 79.1 cm³/mol. The molecular weight excluding hydrogens is 308 g/mol. The number of rotatable bonds is 5. The molecule has 1 heterocycles. The van der Waals surface area contributed by atoms with E-state index in [0.29, 0.717) is 17.6 Å². The third-order valence-electron chi connectivity index (χ3n) is 2.56. The first-order valence-electron chi connectivity index (χ1n) is 6.05. The summed E-state index contributed by atoms with van der Waals surface area (Å²) >= 11 is 3.26. The summed E-state index contributed by atoms with van der Waals surface area (Å²) in [6.07, 6.45) is 0.470. The second-order valence-electron chi connectivity index (χ2n) is 4.04. The van der Waals surface area contributed by atoms with Crippen LogP contribution in [-0.2, 0) is 11.3 Å². The SMILES string of the molecule is CCC(=O)Nc1cccc(NCc2ccc(Br)o2)c1. The number of hydrogen-bond acceptors (Lipinski definition) is 3. The molecule has 100 valence electrons. The Morgan fingerprint density at radius 2 is 2.05 bits per heavy atom. The van der Waals surface area contributed by atoms with E-state index in [9.17, 15) is 4.79 Å². The Kier molecular flexibility index (Phi) is 4.63. The highest BCUT2D eigenvalue weighted by atomic mass is 79.9. The Morgan fingerprint density at radius 1 is 1.26 bits per heavy atom. The molecule has 0 fully saturated rings. The first-order valence-corrected chi connectivity index (χ1v) is 6.84. The molecule has 4 nitrogen and oxygen atoms in total. The van der Waals surface area contributed by atoms with Crippen molar-refractivity contribution in [3.8, 4) is 0 Å². The van der Waals surface area contributed by atoms with Gasteiger partial charge in [0.05, 0.1) is 6.54 Å². The second-order valence-corrected chi connectivity index (χ2v) is 4.82. The molecule has 2 N–H and O–H groups in total. The minimum atomic E-state index is 0.00659. The third-order valence-corrected chi connectivity index (χ3v) is 2.99. The van der Waals surface area contributed by atoms with E-state index >= 15 is 0 Å². The normalized spacial score (nSPS) is 10.2. The molecule has 0 atom stereocenters. The van der Waals surface area contributed by atoms with Crippen molar-refractivity contribution in [2.75, 3.05) is 10.6 Å². The van der Waals surface area contributed by atoms with Crippen LogP contribution in [0.1, 0.15) is 19.1 Å². The molecule has 1 amide bonds. The van der Waals surface area contributed by atoms with Crippen molar-refractivity contribution in [2.45, 2.75) is 19.9 Å². The zero-order valence-corrected chi connectivity index (χ0v) is 12.2. The highest BCUT2D eigenvalue weighted by Gasteiger charge is 2.02. The molecule has 2 aromatic rings. The molecular formula is C14H15BrN2O2. The molecule has 0 saturated heterocycles. The van der Waals surface area contributed by atoms with Crippen LogP contribution < -0.4 is 10.6 Å². The van der Waals surface area contributed by atoms with E-state index in [1.54, 1.807) is 0 Å². The molecule has 0 unspecified atom stereocenters. The van der Waals surface area contributed by atoms with Gasteiger partial charge in [-0.3, -0.25) is 4.79 Å². The number of halogens is 1. The smallest absolute Gasteiger partial charge is 0.224 e. The van der Waals surface area contributed by atoms with E-state index in [2.05, 4.69) is 26.6 Å². The highest BCUT2D eigenvalue weighted by molar-refractivity contribution is 9.10. The number of hydrogen-bond donors (Lipinski definition) is 2. The van der Waals surface area contributed by atoms with Crippen molar-refractivity contribution in [2.24, 2.45) is 0 Å². The minimum absolute atomic E-state index is 0.00659. The third kappa shape index (κ3) is 4.13. The first-order chi connectivity index (χ1) is 9.17. The van der Waals surface area contributed by atoms with Crippen LogP contribution in [0.5, 0.6) is 0 Å². The molecule has 0 aliphatic heterocycles. The maximum atomic E-state index is 11.3. The van der Waals surface area contributed by atoms with Gasteiger partial charge in [0.2, 0.25) is 5.91 Å². The maximum Gasteiger partial charge on any atom is 0.224 e. The number of furan rings is 1. The Balaban J connectivity index is 1.97. The Labute approximate surface area is 120 Å². The van der Waals surface area contributed by atoms with E-state index in [1.807, 2.05) is 43.3 Å². The molecule has 0 aliphatic carbocycles. The fourth-order valence-electron chi connectivity index (χ4n) is 1.59. The lowest BCUT2D eigenvalue weighted by atomic mass is 10.2. The van der Waals surface area contributed by atoms with Gasteiger partial charge in [-0.05, 0) is 46.3 Å². The van der Waals surface area contributed by atoms with Gasteiger partial charge in [-0.1, -0.05) is 13.0 Å². The molecule has 0 aliphatic rings. The summed E-state index contributed by atoms with van der Waals surface area (Å²) in [6, 6.07) is 11.4. The summed E-state index contributed by atoms with van der Waals surface area (Å²) in [6.45, 7) is 2.42. The lowest BCUT2D eigenvalue weighted by molar-refractivity contribution is -0.115. The average molecular weight is 323 g/mol. The van der Waals surface area contributed by atoms with Crippen LogP contribution in [0.15, 0.2) is 45.5 Å². The number of carbonyl (C=O) groups excluding carboxylic acids is 1. The standard InChI is InChI=1S/C14H15BrN2O2/c1-2-14(18)17-11-5-3-4-10(8-11)16-9-12-6-7-13(15)19-12/h3-8,16H,2,9H2,1H3,(H,17,18). The average Bonchev–Trinajstić information content (AvgIpc) is 2.82. The maximum absolute atomic E-state index is 11.3. The van der Waals surface area contributed by atoms with E-state index < -0.39 is 0 Å². The zero-order chi connectivity index (χ0) is 13.7. The molecule has 5 heteroatoms. The summed E-state index contributed by atoms with van der Waals surface area (Å²) < 4.78 is 6.12. The van der Waals surface area contributed by atoms with Crippen molar-refractivity contribution in [3.63, 3.8) is 0 Å². The van der Waals surface area contributed by atoms with Gasteiger partial charge >= 0.3 is 0 Å². The van der Waals surface area contributed by atoms with Crippen LogP contribution in [0.25, 0.3) is 0 Å². The number of anilines is 2. The van der Waals surface area contributed by atoms with Gasteiger partial charge in [-0.25, -0.2) is 0 Å². The van der Waals surface area contributed by atoms with Crippen LogP contribution in [0.3, 0.4) is 0 Å². The minimum Gasteiger partial charge on any atom is -0.452 e. The van der Waals surface area contributed by atoms with Crippen molar-refractivity contribution in [1.29, 1.82) is 0 Å². The van der Waals surface area contributed by atoms with E-state index in [4.69, 9.17) is 4.42 Å². The van der Waals surface area contributed by atoms with Crippen LogP contribution in [-0.4, -0.2) is 5.91 Å². The first kappa shape index (κ1) is 13.7. The summed E-state index contributed by atoms with van der Waals surface area (Å²) in [7, 11) is 0. The summed E-state index contributed by atoms with van der Waals surface area (Å²) in [4.78, 5) is 11.3. The monoisotopic (exact) mass is 322 g/mol. The second kappa shape index (κ2) is 6.43. The van der Waals surface area contributed by atoms with Crippen LogP contribution in [0, 0.1) is 0 Å². The largest absolute Gasteiger partial charge is 0.452 e. The van der Waals surface area contributed by atoms with Gasteiger partial charge in [0, 0.05) is 17.8 Å². The van der Waals surface area contributed by atoms with E-state index in [0.717, 1.165) is 17.1 Å². The number of benzene rings is 1. The molecule has 0 spiro atoms. The van der Waals surface area contributed by atoms with Crippen molar-refractivity contribution in [1.82, 2.24) is 0 Å². The molecule has 0 bridgehead atoms. The Hall–Kier alpha value is -1.75. The van der Waals surface area contributed by atoms with Gasteiger partial charge < -0.3 is 15.1 Å². The van der Waals surface area contributed by atoms with E-state index in [1.165, 1.54) is 0 Å². The lowest BCUT2D eigenvalue weighted by Gasteiger charge is -2.08. The zero-order valence-electron chi connectivity index (χ0n) is 10.6. The summed E-state index contributed by atoms with van der Waals surface area (Å²) in [5.41, 5.74) is 1.72. The Morgan fingerprint density at radius 3 is 2.74 bits per heavy atom. The molecule has 19 heavy (non-hydrogen) atoms. The highest BCUT2D eigenvalue weighted by Crippen LogP contribution is 2.18. The Bertz CT molecular complexity index is 566. The molecule has 1 aromatic carbocycles. The van der Waals surface area contributed by atoms with Crippen LogP contribution in [0.2, 0.25) is 0 Å². The quantitative estimate of drug-likeness (QED) is 0.874. The van der Waals surface area contributed by atoms with Gasteiger partial charge in [-0.15, -0.1) is 0 Å². The predicted octanol–water partition coefficient (Wildman–Crippen LogP) is 4.00. The van der Waals surface area contributed by atoms with E-state index in [-0.39, 0.29) is 5.91 Å². The van der Waals surface area contributed by atoms with Gasteiger partial charge in [-0.2, -0.15) is 0 Å². The molecule has 0 radical (unpaired) electrons. The van der Waals surface area contributed by atoms with Crippen LogP contribution in [0.4, 0.5) is 11.4 Å². The number of carbonyl (C=O) groups is 1. The van der Waals surface area contributed by atoms with Crippen molar-refractivity contribution in [3.05, 3.63) is 46.8 Å². The van der Waals surface area contributed by atoms with Gasteiger partial charge in [0.15, 0.2) is 4.67 Å². The fraction of sp³-hybridized carbons (Fsp3) is 0.214. The van der Waals surface area contributed by atoms with Crippen molar-refractivity contribution >= 4 is 33.2 Å².